The number of rotatable bonds is 7. The maximum Gasteiger partial charge on any atom is 0.0542 e. The predicted molar refractivity (Wildman–Crippen MR) is 311 cm³/mol. The standard InChI is InChI=1S/C70H45N3/c1-3-16-46(17-4-1)49-32-39-68-63(42-49)61-27-13-14-28-67(61)72(68)54-37-41-70-65(45-54)64-43-50(47-30-34-52(35-31-47)71(51-20-5-2-6-21-51)66-29-15-19-48-18-7-8-22-55(48)66)33-40-69(64)73(70)53-36-38-60-58-25-10-9-23-56(58)57-24-11-12-26-59(57)62(60)44-53/h1-45H. The minimum atomic E-state index is 1.10. The van der Waals surface area contributed by atoms with E-state index >= 15 is 0 Å². The van der Waals surface area contributed by atoms with Gasteiger partial charge in [-0.2, -0.15) is 0 Å². The lowest BCUT2D eigenvalue weighted by Crippen LogP contribution is -2.10. The van der Waals surface area contributed by atoms with E-state index in [1.807, 2.05) is 0 Å². The van der Waals surface area contributed by atoms with E-state index in [1.54, 1.807) is 0 Å². The molecule has 0 N–H and O–H groups in total. The number of benzene rings is 13. The average molecular weight is 928 g/mol. The highest BCUT2D eigenvalue weighted by molar-refractivity contribution is 6.26. The molecule has 340 valence electrons. The summed E-state index contributed by atoms with van der Waals surface area (Å²) in [5.74, 6) is 0. The van der Waals surface area contributed by atoms with Gasteiger partial charge in [-0.05, 0) is 151 Å². The van der Waals surface area contributed by atoms with Gasteiger partial charge >= 0.3 is 0 Å². The average Bonchev–Trinajstić information content (AvgIpc) is 3.98. The third-order valence-corrected chi connectivity index (χ3v) is 15.3. The first-order chi connectivity index (χ1) is 36.2. The van der Waals surface area contributed by atoms with Gasteiger partial charge in [0.25, 0.3) is 0 Å². The van der Waals surface area contributed by atoms with Gasteiger partial charge in [-0.3, -0.25) is 0 Å². The first-order valence-electron chi connectivity index (χ1n) is 25.2. The van der Waals surface area contributed by atoms with Crippen molar-refractivity contribution in [2.75, 3.05) is 4.90 Å². The molecular formula is C70H45N3. The van der Waals surface area contributed by atoms with E-state index in [1.165, 1.54) is 92.4 Å². The van der Waals surface area contributed by atoms with Crippen LogP contribution in [0.1, 0.15) is 0 Å². The molecule has 0 aliphatic carbocycles. The van der Waals surface area contributed by atoms with Gasteiger partial charge < -0.3 is 14.0 Å². The first-order valence-corrected chi connectivity index (χ1v) is 25.2. The number of hydrogen-bond acceptors (Lipinski definition) is 1. The van der Waals surface area contributed by atoms with Crippen molar-refractivity contribution >= 4 is 104 Å². The number of fused-ring (bicyclic) bond motifs is 13. The van der Waals surface area contributed by atoms with E-state index in [-0.39, 0.29) is 0 Å². The van der Waals surface area contributed by atoms with Crippen molar-refractivity contribution in [3.63, 3.8) is 0 Å². The van der Waals surface area contributed by atoms with E-state index in [0.717, 1.165) is 45.0 Å². The summed E-state index contributed by atoms with van der Waals surface area (Å²) in [4.78, 5) is 2.37. The van der Waals surface area contributed by atoms with Gasteiger partial charge in [0.2, 0.25) is 0 Å². The van der Waals surface area contributed by atoms with Gasteiger partial charge in [0, 0.05) is 49.7 Å². The van der Waals surface area contributed by atoms with Gasteiger partial charge in [-0.1, -0.05) is 182 Å². The van der Waals surface area contributed by atoms with E-state index in [0.29, 0.717) is 0 Å². The Morgan fingerprint density at radius 1 is 0.219 bits per heavy atom. The number of aromatic nitrogens is 2. The van der Waals surface area contributed by atoms with Crippen molar-refractivity contribution in [2.24, 2.45) is 0 Å². The summed E-state index contributed by atoms with van der Waals surface area (Å²) in [6, 6.07) is 100. The zero-order chi connectivity index (χ0) is 48.0. The molecule has 0 aliphatic heterocycles. The largest absolute Gasteiger partial charge is 0.310 e. The molecule has 15 rings (SSSR count). The fraction of sp³-hybridized carbons (Fsp3) is 0. The summed E-state index contributed by atoms with van der Waals surface area (Å²) < 4.78 is 4.93. The molecule has 0 aliphatic rings. The van der Waals surface area contributed by atoms with Crippen molar-refractivity contribution in [1.29, 1.82) is 0 Å². The lowest BCUT2D eigenvalue weighted by atomic mass is 9.94. The monoisotopic (exact) mass is 927 g/mol. The molecule has 0 bridgehead atoms. The molecule has 15 aromatic rings. The Kier molecular flexibility index (Phi) is 9.26. The van der Waals surface area contributed by atoms with Crippen molar-refractivity contribution in [1.82, 2.24) is 9.13 Å². The molecule has 3 nitrogen and oxygen atoms in total. The lowest BCUT2D eigenvalue weighted by molar-refractivity contribution is 1.17. The summed E-state index contributed by atoms with van der Waals surface area (Å²) in [5, 5.41) is 14.9. The van der Waals surface area contributed by atoms with E-state index in [9.17, 15) is 0 Å². The second-order valence-corrected chi connectivity index (χ2v) is 19.3. The van der Waals surface area contributed by atoms with E-state index < -0.39 is 0 Å². The van der Waals surface area contributed by atoms with Gasteiger partial charge in [0.1, 0.15) is 0 Å². The molecule has 0 fully saturated rings. The van der Waals surface area contributed by atoms with Crippen LogP contribution in [0.25, 0.3) is 120 Å². The van der Waals surface area contributed by atoms with Gasteiger partial charge in [0.15, 0.2) is 0 Å². The third kappa shape index (κ3) is 6.53. The Bertz CT molecular complexity index is 4620. The normalized spacial score (nSPS) is 11.8. The third-order valence-electron chi connectivity index (χ3n) is 15.3. The quantitative estimate of drug-likeness (QED) is 0.145. The van der Waals surface area contributed by atoms with Crippen LogP contribution in [0.5, 0.6) is 0 Å². The van der Waals surface area contributed by atoms with Crippen LogP contribution >= 0.6 is 0 Å². The van der Waals surface area contributed by atoms with Crippen LogP contribution in [0.4, 0.5) is 17.1 Å². The minimum absolute atomic E-state index is 1.10. The van der Waals surface area contributed by atoms with Crippen LogP contribution in [0.2, 0.25) is 0 Å². The maximum absolute atomic E-state index is 2.48. The van der Waals surface area contributed by atoms with Crippen LogP contribution in [-0.2, 0) is 0 Å². The second-order valence-electron chi connectivity index (χ2n) is 19.3. The van der Waals surface area contributed by atoms with Crippen LogP contribution in [0.3, 0.4) is 0 Å². The molecule has 0 atom stereocenters. The van der Waals surface area contributed by atoms with E-state index in [4.69, 9.17) is 0 Å². The molecule has 13 aromatic carbocycles. The van der Waals surface area contributed by atoms with Crippen molar-refractivity contribution in [3.8, 4) is 33.6 Å². The summed E-state index contributed by atoms with van der Waals surface area (Å²) in [5.41, 5.74) is 15.1. The Morgan fingerprint density at radius 3 is 1.29 bits per heavy atom. The van der Waals surface area contributed by atoms with Crippen molar-refractivity contribution in [2.45, 2.75) is 0 Å². The van der Waals surface area contributed by atoms with Crippen LogP contribution in [-0.4, -0.2) is 9.13 Å². The van der Waals surface area contributed by atoms with Gasteiger partial charge in [-0.25, -0.2) is 0 Å². The zero-order valence-corrected chi connectivity index (χ0v) is 39.8. The number of anilines is 3. The Morgan fingerprint density at radius 2 is 0.630 bits per heavy atom. The number of hydrogen-bond donors (Lipinski definition) is 0. The molecule has 0 saturated carbocycles. The predicted octanol–water partition coefficient (Wildman–Crippen LogP) is 19.3. The summed E-state index contributed by atoms with van der Waals surface area (Å²) >= 11 is 0. The van der Waals surface area contributed by atoms with E-state index in [2.05, 4.69) is 287 Å². The van der Waals surface area contributed by atoms with Gasteiger partial charge in [-0.15, -0.1) is 0 Å². The minimum Gasteiger partial charge on any atom is -0.310 e. The van der Waals surface area contributed by atoms with Crippen molar-refractivity contribution in [3.05, 3.63) is 273 Å². The highest BCUT2D eigenvalue weighted by Crippen LogP contribution is 2.43. The van der Waals surface area contributed by atoms with Gasteiger partial charge in [0.05, 0.1) is 27.8 Å². The molecular weight excluding hydrogens is 883 g/mol. The summed E-state index contributed by atoms with van der Waals surface area (Å²) in [6.07, 6.45) is 0. The topological polar surface area (TPSA) is 13.1 Å². The maximum atomic E-state index is 2.48. The molecule has 0 amide bonds. The van der Waals surface area contributed by atoms with Crippen LogP contribution in [0, 0.1) is 0 Å². The first kappa shape index (κ1) is 41.1. The number of para-hydroxylation sites is 2. The Balaban J connectivity index is 0.931. The molecule has 3 heteroatoms. The summed E-state index contributed by atoms with van der Waals surface area (Å²) in [7, 11) is 0. The molecule has 2 aromatic heterocycles. The molecule has 73 heavy (non-hydrogen) atoms. The fourth-order valence-electron chi connectivity index (χ4n) is 11.9. The zero-order valence-electron chi connectivity index (χ0n) is 39.8. The molecule has 0 spiro atoms. The smallest absolute Gasteiger partial charge is 0.0542 e. The number of nitrogens with zero attached hydrogens (tertiary/aromatic N) is 3. The molecule has 0 radical (unpaired) electrons. The molecule has 0 saturated heterocycles. The molecule has 0 unspecified atom stereocenters. The molecule has 2 heterocycles. The fourth-order valence-corrected chi connectivity index (χ4v) is 11.9. The SMILES string of the molecule is c1ccc(-c2ccc3c(c2)c2ccccc2n3-c2ccc3c(c2)c2cc(-c4ccc(N(c5ccccc5)c5cccc6ccccc56)cc4)ccc2n3-c2ccc3c4ccccc4c4ccccc4c3c2)cc1. The second kappa shape index (κ2) is 16.4. The Labute approximate surface area is 422 Å². The van der Waals surface area contributed by atoms with Crippen LogP contribution in [0.15, 0.2) is 273 Å². The van der Waals surface area contributed by atoms with Crippen LogP contribution < -0.4 is 4.90 Å². The lowest BCUT2D eigenvalue weighted by Gasteiger charge is -2.27. The summed E-state index contributed by atoms with van der Waals surface area (Å²) in [6.45, 7) is 0. The highest BCUT2D eigenvalue weighted by Gasteiger charge is 2.20. The Hall–Kier alpha value is -9.70. The highest BCUT2D eigenvalue weighted by atomic mass is 15.1. The van der Waals surface area contributed by atoms with Crippen molar-refractivity contribution < 1.29 is 0 Å².